The molecule has 0 aromatic carbocycles. The highest BCUT2D eigenvalue weighted by atomic mass is 32.1. The van der Waals surface area contributed by atoms with Crippen molar-refractivity contribution in [2.75, 3.05) is 6.61 Å². The van der Waals surface area contributed by atoms with Crippen molar-refractivity contribution < 1.29 is 9.53 Å². The van der Waals surface area contributed by atoms with E-state index in [4.69, 9.17) is 22.2 Å². The lowest BCUT2D eigenvalue weighted by Crippen LogP contribution is -2.22. The molecule has 0 aliphatic rings. The van der Waals surface area contributed by atoms with Gasteiger partial charge in [-0.3, -0.25) is 0 Å². The number of esters is 1. The predicted molar refractivity (Wildman–Crippen MR) is 80.5 cm³/mol. The normalized spacial score (nSPS) is 11.8. The molecule has 1 rings (SSSR count). The number of ether oxygens (including phenoxy) is 1. The molecule has 1 heterocycles. The number of hydrogen-bond donors (Lipinski definition) is 0. The number of carbonyl (C=O) groups excluding carboxylic acids is 1. The summed E-state index contributed by atoms with van der Waals surface area (Å²) >= 11 is 5.41. The van der Waals surface area contributed by atoms with E-state index in [9.17, 15) is 4.79 Å². The number of nitriles is 1. The summed E-state index contributed by atoms with van der Waals surface area (Å²) in [5, 5.41) is 9.04. The predicted octanol–water partition coefficient (Wildman–Crippen LogP) is 3.44. The van der Waals surface area contributed by atoms with Crippen LogP contribution in [0.1, 0.15) is 33.3 Å². The second kappa shape index (κ2) is 6.49. The third-order valence-electron chi connectivity index (χ3n) is 2.62. The molecule has 0 saturated carbocycles. The molecular weight excluding hydrogens is 272 g/mol. The third kappa shape index (κ3) is 3.78. The minimum atomic E-state index is -0.629. The summed E-state index contributed by atoms with van der Waals surface area (Å²) in [4.78, 5) is 11.6. The molecule has 4 nitrogen and oxygen atoms in total. The lowest BCUT2D eigenvalue weighted by atomic mass is 10.1. The zero-order valence-electron chi connectivity index (χ0n) is 12.1. The topological polar surface area (TPSA) is 55.0 Å². The van der Waals surface area contributed by atoms with Crippen molar-refractivity contribution in [3.05, 3.63) is 34.1 Å². The fourth-order valence-electron chi connectivity index (χ4n) is 1.65. The van der Waals surface area contributed by atoms with Crippen molar-refractivity contribution in [2.45, 2.75) is 33.2 Å². The van der Waals surface area contributed by atoms with Gasteiger partial charge >= 0.3 is 5.97 Å². The zero-order valence-corrected chi connectivity index (χ0v) is 13.0. The van der Waals surface area contributed by atoms with Gasteiger partial charge in [0.1, 0.15) is 16.3 Å². The Hall–Kier alpha value is -1.93. The summed E-state index contributed by atoms with van der Waals surface area (Å²) in [7, 11) is 0. The maximum Gasteiger partial charge on any atom is 0.348 e. The highest BCUT2D eigenvalue weighted by Crippen LogP contribution is 2.18. The molecule has 0 aliphatic heterocycles. The Morgan fingerprint density at radius 3 is 2.70 bits per heavy atom. The van der Waals surface area contributed by atoms with Gasteiger partial charge in [0.15, 0.2) is 0 Å². The van der Waals surface area contributed by atoms with E-state index in [1.54, 1.807) is 13.0 Å². The molecule has 0 N–H and O–H groups in total. The minimum Gasteiger partial charge on any atom is -0.462 e. The van der Waals surface area contributed by atoms with Crippen LogP contribution >= 0.6 is 12.2 Å². The van der Waals surface area contributed by atoms with Gasteiger partial charge in [-0.1, -0.05) is 18.3 Å². The number of nitrogens with zero attached hydrogens (tertiary/aromatic N) is 2. The fourth-order valence-corrected chi connectivity index (χ4v) is 2.11. The van der Waals surface area contributed by atoms with Crippen LogP contribution in [0, 0.1) is 16.0 Å². The van der Waals surface area contributed by atoms with Gasteiger partial charge in [0, 0.05) is 17.3 Å². The Morgan fingerprint density at radius 1 is 1.55 bits per heavy atom. The van der Waals surface area contributed by atoms with E-state index in [0.717, 1.165) is 0 Å². The first kappa shape index (κ1) is 16.1. The van der Waals surface area contributed by atoms with Crippen molar-refractivity contribution in [3.63, 3.8) is 0 Å². The van der Waals surface area contributed by atoms with E-state index in [-0.39, 0.29) is 17.7 Å². The van der Waals surface area contributed by atoms with Crippen LogP contribution in [0.5, 0.6) is 0 Å². The molecule has 0 atom stereocenters. The largest absolute Gasteiger partial charge is 0.462 e. The van der Waals surface area contributed by atoms with Crippen molar-refractivity contribution in [3.8, 4) is 6.07 Å². The van der Waals surface area contributed by atoms with Crippen molar-refractivity contribution in [1.82, 2.24) is 4.57 Å². The highest BCUT2D eigenvalue weighted by molar-refractivity contribution is 7.71. The molecule has 0 spiro atoms. The molecule has 0 unspecified atom stereocenters. The molecular formula is C15H18N2O2S. The van der Waals surface area contributed by atoms with Crippen molar-refractivity contribution in [1.29, 1.82) is 5.26 Å². The summed E-state index contributed by atoms with van der Waals surface area (Å²) in [5.74, 6) is -0.629. The number of carbonyl (C=O) groups is 1. The molecule has 1 aromatic rings. The fraction of sp³-hybridized carbons (Fsp3) is 0.400. The van der Waals surface area contributed by atoms with Gasteiger partial charge in [-0.15, -0.1) is 0 Å². The first-order valence-corrected chi connectivity index (χ1v) is 6.73. The molecule has 0 amide bonds. The average Bonchev–Trinajstić information content (AvgIpc) is 2.36. The lowest BCUT2D eigenvalue weighted by molar-refractivity contribution is -0.137. The number of aromatic nitrogens is 1. The zero-order chi connectivity index (χ0) is 15.3. The molecule has 20 heavy (non-hydrogen) atoms. The van der Waals surface area contributed by atoms with Crippen LogP contribution in [-0.2, 0) is 15.1 Å². The van der Waals surface area contributed by atoms with E-state index in [1.807, 2.05) is 43.7 Å². The van der Waals surface area contributed by atoms with Gasteiger partial charge < -0.3 is 9.30 Å². The minimum absolute atomic E-state index is 0.0513. The number of pyridine rings is 1. The number of rotatable bonds is 3. The van der Waals surface area contributed by atoms with Crippen LogP contribution in [0.3, 0.4) is 0 Å². The van der Waals surface area contributed by atoms with Gasteiger partial charge in [-0.25, -0.2) is 4.79 Å². The molecule has 106 valence electrons. The SMILES string of the molecule is CCOC(=O)/C(C#N)=C/c1cccn(C(C)(C)C)c1=S. The van der Waals surface area contributed by atoms with Crippen LogP contribution in [0.4, 0.5) is 0 Å². The average molecular weight is 290 g/mol. The Bertz CT molecular complexity index is 630. The molecule has 0 fully saturated rings. The van der Waals surface area contributed by atoms with Crippen molar-refractivity contribution >= 4 is 24.3 Å². The molecule has 0 radical (unpaired) electrons. The second-order valence-electron chi connectivity index (χ2n) is 5.20. The first-order valence-electron chi connectivity index (χ1n) is 6.32. The van der Waals surface area contributed by atoms with E-state index < -0.39 is 5.97 Å². The molecule has 5 heteroatoms. The summed E-state index contributed by atoms with van der Waals surface area (Å²) in [6.07, 6.45) is 3.36. The summed E-state index contributed by atoms with van der Waals surface area (Å²) < 4.78 is 7.34. The molecule has 0 bridgehead atoms. The van der Waals surface area contributed by atoms with E-state index in [0.29, 0.717) is 10.2 Å². The van der Waals surface area contributed by atoms with Gasteiger partial charge in [0.2, 0.25) is 0 Å². The number of hydrogen-bond acceptors (Lipinski definition) is 4. The van der Waals surface area contributed by atoms with E-state index >= 15 is 0 Å². The Balaban J connectivity index is 3.32. The standard InChI is InChI=1S/C15H18N2O2S/c1-5-19-14(18)12(10-16)9-11-7-6-8-17(13(11)20)15(2,3)4/h6-9H,5H2,1-4H3/b12-9+. The van der Waals surface area contributed by atoms with Gasteiger partial charge in [0.05, 0.1) is 6.61 Å². The molecule has 1 aromatic heterocycles. The summed E-state index contributed by atoms with van der Waals surface area (Å²) in [5.41, 5.74) is 0.434. The molecule has 0 saturated heterocycles. The smallest absolute Gasteiger partial charge is 0.348 e. The van der Waals surface area contributed by atoms with Crippen LogP contribution in [0.2, 0.25) is 0 Å². The second-order valence-corrected chi connectivity index (χ2v) is 5.59. The van der Waals surface area contributed by atoms with Crippen molar-refractivity contribution in [2.24, 2.45) is 0 Å². The monoisotopic (exact) mass is 290 g/mol. The Labute approximate surface area is 124 Å². The van der Waals surface area contributed by atoms with Crippen LogP contribution in [0.25, 0.3) is 6.08 Å². The van der Waals surface area contributed by atoms with Gasteiger partial charge in [-0.2, -0.15) is 5.26 Å². The Kier molecular flexibility index (Phi) is 5.23. The quantitative estimate of drug-likeness (QED) is 0.370. The van der Waals surface area contributed by atoms with E-state index in [2.05, 4.69) is 0 Å². The maximum atomic E-state index is 11.6. The highest BCUT2D eigenvalue weighted by Gasteiger charge is 2.15. The Morgan fingerprint density at radius 2 is 2.20 bits per heavy atom. The van der Waals surface area contributed by atoms with Crippen LogP contribution in [0.15, 0.2) is 23.9 Å². The summed E-state index contributed by atoms with van der Waals surface area (Å²) in [6.45, 7) is 8.03. The van der Waals surface area contributed by atoms with E-state index in [1.165, 1.54) is 6.08 Å². The van der Waals surface area contributed by atoms with Gasteiger partial charge in [-0.05, 0) is 39.8 Å². The third-order valence-corrected chi connectivity index (χ3v) is 3.05. The maximum absolute atomic E-state index is 11.6. The first-order chi connectivity index (χ1) is 9.31. The van der Waals surface area contributed by atoms with Crippen LogP contribution < -0.4 is 0 Å². The summed E-state index contributed by atoms with van der Waals surface area (Å²) in [6, 6.07) is 5.47. The van der Waals surface area contributed by atoms with Crippen LogP contribution in [-0.4, -0.2) is 17.1 Å². The lowest BCUT2D eigenvalue weighted by Gasteiger charge is -2.24. The van der Waals surface area contributed by atoms with Gasteiger partial charge in [0.25, 0.3) is 0 Å². The molecule has 0 aliphatic carbocycles.